The van der Waals surface area contributed by atoms with Crippen LogP contribution in [0.3, 0.4) is 0 Å². The van der Waals surface area contributed by atoms with Gasteiger partial charge in [-0.3, -0.25) is 9.48 Å². The van der Waals surface area contributed by atoms with Crippen LogP contribution in [0.1, 0.15) is 44.5 Å². The van der Waals surface area contributed by atoms with Gasteiger partial charge in [0.15, 0.2) is 0 Å². The zero-order valence-corrected chi connectivity index (χ0v) is 13.3. The average Bonchev–Trinajstić information content (AvgIpc) is 2.95. The highest BCUT2D eigenvalue weighted by molar-refractivity contribution is 6.09. The Morgan fingerprint density at radius 3 is 2.50 bits per heavy atom. The maximum Gasteiger partial charge on any atom is 0.339 e. The van der Waals surface area contributed by atoms with Gasteiger partial charge in [-0.25, -0.2) is 9.59 Å². The van der Waals surface area contributed by atoms with Crippen LogP contribution in [-0.2, 0) is 11.8 Å². The maximum absolute atomic E-state index is 12.3. The highest BCUT2D eigenvalue weighted by atomic mass is 16.5. The van der Waals surface area contributed by atoms with E-state index in [0.29, 0.717) is 17.9 Å². The van der Waals surface area contributed by atoms with Gasteiger partial charge in [0.1, 0.15) is 11.3 Å². The van der Waals surface area contributed by atoms with Gasteiger partial charge >= 0.3 is 11.9 Å². The first-order chi connectivity index (χ1) is 11.4. The number of ether oxygens (including phenoxy) is 1. The molecule has 0 unspecified atom stereocenters. The van der Waals surface area contributed by atoms with Crippen LogP contribution in [-0.4, -0.2) is 39.3 Å². The Kier molecular flexibility index (Phi) is 5.31. The van der Waals surface area contributed by atoms with E-state index in [1.807, 2.05) is 6.92 Å². The Bertz CT molecular complexity index is 765. The van der Waals surface area contributed by atoms with E-state index in [0.717, 1.165) is 12.6 Å². The normalized spacial score (nSPS) is 10.2. The number of esters is 1. The fourth-order valence-corrected chi connectivity index (χ4v) is 2.02. The van der Waals surface area contributed by atoms with Crippen molar-refractivity contribution >= 4 is 23.5 Å². The summed E-state index contributed by atoms with van der Waals surface area (Å²) in [6.07, 6.45) is 1.85. The van der Waals surface area contributed by atoms with Gasteiger partial charge in [0.2, 0.25) is 0 Å². The number of carboxylic acids is 1. The number of aromatic carboxylic acids is 1. The van der Waals surface area contributed by atoms with Gasteiger partial charge in [-0.15, -0.1) is 0 Å². The molecule has 24 heavy (non-hydrogen) atoms. The number of rotatable bonds is 6. The predicted molar refractivity (Wildman–Crippen MR) is 85.1 cm³/mol. The van der Waals surface area contributed by atoms with Crippen molar-refractivity contribution in [1.82, 2.24) is 9.78 Å². The molecule has 0 atom stereocenters. The van der Waals surface area contributed by atoms with Crippen LogP contribution < -0.4 is 5.32 Å². The number of aryl methyl sites for hydroxylation is 1. The Balaban J connectivity index is 2.12. The quantitative estimate of drug-likeness (QED) is 0.783. The van der Waals surface area contributed by atoms with Gasteiger partial charge in [0, 0.05) is 12.7 Å². The molecule has 126 valence electrons. The standard InChI is InChI=1S/C16H17N3O5/c1-3-8-24-16(23)10-4-6-11(7-5-10)18-14(20)13-12(15(21)22)9-17-19(13)2/h4-7,9H,3,8H2,1-2H3,(H,18,20)(H,21,22). The number of hydrogen-bond acceptors (Lipinski definition) is 5. The van der Waals surface area contributed by atoms with Gasteiger partial charge in [0.05, 0.1) is 18.4 Å². The Morgan fingerprint density at radius 1 is 1.25 bits per heavy atom. The fourth-order valence-electron chi connectivity index (χ4n) is 2.02. The number of nitrogens with one attached hydrogen (secondary N) is 1. The number of nitrogens with zero attached hydrogens (tertiary/aromatic N) is 2. The summed E-state index contributed by atoms with van der Waals surface area (Å²) in [5, 5.41) is 15.4. The van der Waals surface area contributed by atoms with Crippen LogP contribution in [0, 0.1) is 0 Å². The van der Waals surface area contributed by atoms with Crippen LogP contribution in [0.15, 0.2) is 30.5 Å². The zero-order valence-electron chi connectivity index (χ0n) is 13.3. The third kappa shape index (κ3) is 3.78. The third-order valence-corrected chi connectivity index (χ3v) is 3.20. The molecule has 2 aromatic rings. The van der Waals surface area contributed by atoms with Crippen LogP contribution in [0.25, 0.3) is 0 Å². The molecular weight excluding hydrogens is 314 g/mol. The van der Waals surface area contributed by atoms with Crippen molar-refractivity contribution in [1.29, 1.82) is 0 Å². The van der Waals surface area contributed by atoms with Gasteiger partial charge in [-0.2, -0.15) is 5.10 Å². The van der Waals surface area contributed by atoms with Crippen molar-refractivity contribution in [2.45, 2.75) is 13.3 Å². The van der Waals surface area contributed by atoms with Crippen molar-refractivity contribution < 1.29 is 24.2 Å². The molecule has 2 N–H and O–H groups in total. The van der Waals surface area contributed by atoms with E-state index in [9.17, 15) is 14.4 Å². The number of carbonyl (C=O) groups is 3. The number of hydrogen-bond donors (Lipinski definition) is 2. The first-order valence-corrected chi connectivity index (χ1v) is 7.27. The molecule has 0 aliphatic rings. The van der Waals surface area contributed by atoms with Crippen molar-refractivity contribution in [3.05, 3.63) is 47.3 Å². The van der Waals surface area contributed by atoms with Gasteiger partial charge in [-0.05, 0) is 30.7 Å². The minimum atomic E-state index is -1.23. The summed E-state index contributed by atoms with van der Waals surface area (Å²) in [5.74, 6) is -2.27. The minimum absolute atomic E-state index is 0.0612. The lowest BCUT2D eigenvalue weighted by Crippen LogP contribution is -2.19. The second kappa shape index (κ2) is 7.40. The molecule has 0 saturated carbocycles. The summed E-state index contributed by atoms with van der Waals surface area (Å²) in [5.41, 5.74) is 0.543. The fraction of sp³-hybridized carbons (Fsp3) is 0.250. The molecule has 1 aromatic carbocycles. The lowest BCUT2D eigenvalue weighted by atomic mass is 10.2. The molecule has 0 spiro atoms. The average molecular weight is 331 g/mol. The van der Waals surface area contributed by atoms with E-state index in [-0.39, 0.29) is 11.3 Å². The smallest absolute Gasteiger partial charge is 0.339 e. The summed E-state index contributed by atoms with van der Waals surface area (Å²) in [4.78, 5) is 35.1. The van der Waals surface area contributed by atoms with E-state index < -0.39 is 17.8 Å². The third-order valence-electron chi connectivity index (χ3n) is 3.20. The first-order valence-electron chi connectivity index (χ1n) is 7.27. The SMILES string of the molecule is CCCOC(=O)c1ccc(NC(=O)c2c(C(=O)O)cnn2C)cc1. The minimum Gasteiger partial charge on any atom is -0.478 e. The van der Waals surface area contributed by atoms with Gasteiger partial charge in [0.25, 0.3) is 5.91 Å². The van der Waals surface area contributed by atoms with E-state index in [1.165, 1.54) is 36.0 Å². The summed E-state index contributed by atoms with van der Waals surface area (Å²) < 4.78 is 6.20. The number of benzene rings is 1. The van der Waals surface area contributed by atoms with Gasteiger partial charge in [-0.1, -0.05) is 6.92 Å². The number of anilines is 1. The maximum atomic E-state index is 12.3. The van der Waals surface area contributed by atoms with Crippen molar-refractivity contribution in [3.63, 3.8) is 0 Å². The van der Waals surface area contributed by atoms with E-state index >= 15 is 0 Å². The van der Waals surface area contributed by atoms with Crippen LogP contribution in [0.5, 0.6) is 0 Å². The second-order valence-electron chi connectivity index (χ2n) is 5.00. The molecule has 0 saturated heterocycles. The first kappa shape index (κ1) is 17.2. The van der Waals surface area contributed by atoms with Crippen molar-refractivity contribution in [3.8, 4) is 0 Å². The summed E-state index contributed by atoms with van der Waals surface area (Å²) in [7, 11) is 1.48. The molecule has 8 heteroatoms. The number of carboxylic acid groups (broad SMARTS) is 1. The summed E-state index contributed by atoms with van der Waals surface area (Å²) in [6.45, 7) is 2.24. The molecule has 8 nitrogen and oxygen atoms in total. The Hall–Kier alpha value is -3.16. The van der Waals surface area contributed by atoms with Crippen LogP contribution in [0.2, 0.25) is 0 Å². The second-order valence-corrected chi connectivity index (χ2v) is 5.00. The molecule has 1 amide bonds. The summed E-state index contributed by atoms with van der Waals surface area (Å²) >= 11 is 0. The van der Waals surface area contributed by atoms with Crippen LogP contribution in [0.4, 0.5) is 5.69 Å². The molecule has 0 bridgehead atoms. The Labute approximate surface area is 138 Å². The molecule has 2 rings (SSSR count). The van der Waals surface area contributed by atoms with Crippen molar-refractivity contribution in [2.24, 2.45) is 7.05 Å². The number of amides is 1. The van der Waals surface area contributed by atoms with E-state index in [1.54, 1.807) is 0 Å². The molecule has 1 heterocycles. The number of aromatic nitrogens is 2. The summed E-state index contributed by atoms with van der Waals surface area (Å²) in [6, 6.07) is 6.12. The van der Waals surface area contributed by atoms with E-state index in [4.69, 9.17) is 9.84 Å². The zero-order chi connectivity index (χ0) is 17.7. The topological polar surface area (TPSA) is 111 Å². The molecule has 0 aliphatic heterocycles. The van der Waals surface area contributed by atoms with Crippen LogP contribution >= 0.6 is 0 Å². The predicted octanol–water partition coefficient (Wildman–Crippen LogP) is 1.94. The van der Waals surface area contributed by atoms with Crippen molar-refractivity contribution in [2.75, 3.05) is 11.9 Å². The highest BCUT2D eigenvalue weighted by Gasteiger charge is 2.21. The largest absolute Gasteiger partial charge is 0.478 e. The molecular formula is C16H17N3O5. The Morgan fingerprint density at radius 2 is 1.92 bits per heavy atom. The lowest BCUT2D eigenvalue weighted by molar-refractivity contribution is 0.0504. The molecule has 0 radical (unpaired) electrons. The highest BCUT2D eigenvalue weighted by Crippen LogP contribution is 2.14. The van der Waals surface area contributed by atoms with E-state index in [2.05, 4.69) is 10.4 Å². The molecule has 1 aromatic heterocycles. The molecule has 0 aliphatic carbocycles. The monoisotopic (exact) mass is 331 g/mol. The number of carbonyl (C=O) groups excluding carboxylic acids is 2. The lowest BCUT2D eigenvalue weighted by Gasteiger charge is -2.08. The van der Waals surface area contributed by atoms with Gasteiger partial charge < -0.3 is 15.2 Å². The molecule has 0 fully saturated rings.